The van der Waals surface area contributed by atoms with Crippen LogP contribution in [0.3, 0.4) is 0 Å². The molecule has 3 rings (SSSR count). The molecule has 0 radical (unpaired) electrons. The first-order chi connectivity index (χ1) is 9.67. The third kappa shape index (κ3) is 2.58. The van der Waals surface area contributed by atoms with Crippen molar-refractivity contribution in [1.82, 2.24) is 14.4 Å². The number of benzene rings is 1. The van der Waals surface area contributed by atoms with Crippen molar-refractivity contribution < 1.29 is 4.39 Å². The van der Waals surface area contributed by atoms with Crippen LogP contribution in [0.15, 0.2) is 24.3 Å². The molecule has 1 aromatic carbocycles. The van der Waals surface area contributed by atoms with Crippen LogP contribution in [-0.4, -0.2) is 47.6 Å². The number of aromatic nitrogens is 1. The van der Waals surface area contributed by atoms with Gasteiger partial charge in [0.2, 0.25) is 0 Å². The van der Waals surface area contributed by atoms with Crippen molar-refractivity contribution in [2.45, 2.75) is 20.0 Å². The highest BCUT2D eigenvalue weighted by molar-refractivity contribution is 5.81. The van der Waals surface area contributed by atoms with Crippen LogP contribution >= 0.6 is 0 Å². The van der Waals surface area contributed by atoms with Gasteiger partial charge in [0, 0.05) is 55.9 Å². The molecule has 1 aliphatic rings. The molecule has 0 N–H and O–H groups in total. The van der Waals surface area contributed by atoms with Gasteiger partial charge in [-0.2, -0.15) is 0 Å². The average Bonchev–Trinajstić information content (AvgIpc) is 2.77. The number of aryl methyl sites for hydroxylation is 1. The Labute approximate surface area is 119 Å². The zero-order valence-corrected chi connectivity index (χ0v) is 12.3. The predicted molar refractivity (Wildman–Crippen MR) is 80.3 cm³/mol. The third-order valence-corrected chi connectivity index (χ3v) is 4.25. The number of piperazine rings is 1. The van der Waals surface area contributed by atoms with Crippen LogP contribution in [0.4, 0.5) is 4.39 Å². The van der Waals surface area contributed by atoms with E-state index in [1.165, 1.54) is 5.69 Å². The van der Waals surface area contributed by atoms with E-state index < -0.39 is 0 Å². The lowest BCUT2D eigenvalue weighted by Gasteiger charge is -2.32. The Hall–Kier alpha value is -1.39. The SMILES string of the molecule is CCn1c(CN2CCN(C)CC2)cc2cc(F)ccc21. The number of halogens is 1. The number of likely N-dealkylation sites (N-methyl/N-ethyl adjacent to an activating group) is 1. The molecule has 1 aliphatic heterocycles. The summed E-state index contributed by atoms with van der Waals surface area (Å²) >= 11 is 0. The second-order valence-electron chi connectivity index (χ2n) is 5.66. The van der Waals surface area contributed by atoms with Crippen LogP contribution < -0.4 is 0 Å². The molecule has 2 heterocycles. The van der Waals surface area contributed by atoms with Gasteiger partial charge in [-0.05, 0) is 38.2 Å². The molecule has 1 saturated heterocycles. The van der Waals surface area contributed by atoms with E-state index in [4.69, 9.17) is 0 Å². The highest BCUT2D eigenvalue weighted by atomic mass is 19.1. The van der Waals surface area contributed by atoms with Gasteiger partial charge in [-0.1, -0.05) is 0 Å². The Kier molecular flexibility index (Phi) is 3.76. The minimum absolute atomic E-state index is 0.156. The van der Waals surface area contributed by atoms with E-state index in [0.717, 1.165) is 50.2 Å². The molecule has 1 aromatic heterocycles. The van der Waals surface area contributed by atoms with Crippen molar-refractivity contribution in [2.75, 3.05) is 33.2 Å². The molecule has 0 atom stereocenters. The van der Waals surface area contributed by atoms with Gasteiger partial charge in [-0.25, -0.2) is 4.39 Å². The number of hydrogen-bond donors (Lipinski definition) is 0. The van der Waals surface area contributed by atoms with Crippen molar-refractivity contribution in [3.63, 3.8) is 0 Å². The minimum Gasteiger partial charge on any atom is -0.344 e. The van der Waals surface area contributed by atoms with Gasteiger partial charge < -0.3 is 9.47 Å². The van der Waals surface area contributed by atoms with Gasteiger partial charge in [0.1, 0.15) is 5.82 Å². The minimum atomic E-state index is -0.156. The van der Waals surface area contributed by atoms with E-state index in [1.807, 2.05) is 6.07 Å². The summed E-state index contributed by atoms with van der Waals surface area (Å²) in [6, 6.07) is 7.21. The molecule has 0 saturated carbocycles. The molecule has 108 valence electrons. The third-order valence-electron chi connectivity index (χ3n) is 4.25. The summed E-state index contributed by atoms with van der Waals surface area (Å²) in [5.74, 6) is -0.156. The lowest BCUT2D eigenvalue weighted by molar-refractivity contribution is 0.146. The Balaban J connectivity index is 1.87. The molecular formula is C16H22FN3. The quantitative estimate of drug-likeness (QED) is 0.853. The first-order valence-corrected chi connectivity index (χ1v) is 7.36. The van der Waals surface area contributed by atoms with Gasteiger partial charge in [0.05, 0.1) is 0 Å². The summed E-state index contributed by atoms with van der Waals surface area (Å²) in [7, 11) is 2.17. The first-order valence-electron chi connectivity index (χ1n) is 7.36. The van der Waals surface area contributed by atoms with Crippen molar-refractivity contribution in [3.8, 4) is 0 Å². The number of hydrogen-bond acceptors (Lipinski definition) is 2. The molecule has 2 aromatic rings. The Morgan fingerprint density at radius 3 is 2.55 bits per heavy atom. The fourth-order valence-electron chi connectivity index (χ4n) is 3.04. The number of nitrogens with zero attached hydrogens (tertiary/aromatic N) is 3. The van der Waals surface area contributed by atoms with E-state index in [1.54, 1.807) is 12.1 Å². The standard InChI is InChI=1S/C16H22FN3/c1-3-20-15(12-19-8-6-18(2)7-9-19)11-13-10-14(17)4-5-16(13)20/h4-5,10-11H,3,6-9,12H2,1-2H3. The molecular weight excluding hydrogens is 253 g/mol. The monoisotopic (exact) mass is 275 g/mol. The molecule has 4 heteroatoms. The first kappa shape index (κ1) is 13.6. The average molecular weight is 275 g/mol. The zero-order valence-electron chi connectivity index (χ0n) is 12.3. The summed E-state index contributed by atoms with van der Waals surface area (Å²) in [5.41, 5.74) is 2.43. The van der Waals surface area contributed by atoms with E-state index in [9.17, 15) is 4.39 Å². The lowest BCUT2D eigenvalue weighted by atomic mass is 10.2. The molecule has 3 nitrogen and oxygen atoms in total. The fraction of sp³-hybridized carbons (Fsp3) is 0.500. The smallest absolute Gasteiger partial charge is 0.123 e. The topological polar surface area (TPSA) is 11.4 Å². The number of fused-ring (bicyclic) bond motifs is 1. The largest absolute Gasteiger partial charge is 0.344 e. The van der Waals surface area contributed by atoms with Crippen LogP contribution in [0.5, 0.6) is 0 Å². The molecule has 0 amide bonds. The van der Waals surface area contributed by atoms with Crippen LogP contribution in [0.25, 0.3) is 10.9 Å². The summed E-state index contributed by atoms with van der Waals surface area (Å²) in [4.78, 5) is 4.85. The highest BCUT2D eigenvalue weighted by Gasteiger charge is 2.16. The van der Waals surface area contributed by atoms with E-state index in [2.05, 4.69) is 34.4 Å². The maximum Gasteiger partial charge on any atom is 0.123 e. The van der Waals surface area contributed by atoms with Crippen LogP contribution in [-0.2, 0) is 13.1 Å². The fourth-order valence-corrected chi connectivity index (χ4v) is 3.04. The predicted octanol–water partition coefficient (Wildman–Crippen LogP) is 2.55. The molecule has 0 bridgehead atoms. The lowest BCUT2D eigenvalue weighted by Crippen LogP contribution is -2.44. The van der Waals surface area contributed by atoms with E-state index in [-0.39, 0.29) is 5.82 Å². The highest BCUT2D eigenvalue weighted by Crippen LogP contribution is 2.22. The van der Waals surface area contributed by atoms with Crippen molar-refractivity contribution in [1.29, 1.82) is 0 Å². The van der Waals surface area contributed by atoms with Gasteiger partial charge >= 0.3 is 0 Å². The van der Waals surface area contributed by atoms with Gasteiger partial charge in [0.25, 0.3) is 0 Å². The van der Waals surface area contributed by atoms with Crippen LogP contribution in [0.1, 0.15) is 12.6 Å². The molecule has 1 fully saturated rings. The molecule has 0 aliphatic carbocycles. The summed E-state index contributed by atoms with van der Waals surface area (Å²) in [6.45, 7) is 8.50. The summed E-state index contributed by atoms with van der Waals surface area (Å²) in [5, 5.41) is 1.01. The Morgan fingerprint density at radius 2 is 1.85 bits per heavy atom. The van der Waals surface area contributed by atoms with Gasteiger partial charge in [-0.3, -0.25) is 4.90 Å². The summed E-state index contributed by atoms with van der Waals surface area (Å²) < 4.78 is 15.7. The second kappa shape index (κ2) is 5.54. The Bertz CT molecular complexity index is 597. The maximum atomic E-state index is 13.4. The van der Waals surface area contributed by atoms with Crippen molar-refractivity contribution >= 4 is 10.9 Å². The van der Waals surface area contributed by atoms with E-state index in [0.29, 0.717) is 0 Å². The van der Waals surface area contributed by atoms with Gasteiger partial charge in [0.15, 0.2) is 0 Å². The normalized spacial score (nSPS) is 17.9. The Morgan fingerprint density at radius 1 is 1.10 bits per heavy atom. The molecule has 0 spiro atoms. The second-order valence-corrected chi connectivity index (χ2v) is 5.66. The molecule has 20 heavy (non-hydrogen) atoms. The number of rotatable bonds is 3. The zero-order chi connectivity index (χ0) is 14.1. The summed E-state index contributed by atoms with van der Waals surface area (Å²) in [6.07, 6.45) is 0. The van der Waals surface area contributed by atoms with E-state index >= 15 is 0 Å². The van der Waals surface area contributed by atoms with Gasteiger partial charge in [-0.15, -0.1) is 0 Å². The van der Waals surface area contributed by atoms with Crippen LogP contribution in [0.2, 0.25) is 0 Å². The van der Waals surface area contributed by atoms with Crippen molar-refractivity contribution in [2.24, 2.45) is 0 Å². The van der Waals surface area contributed by atoms with Crippen molar-refractivity contribution in [3.05, 3.63) is 35.8 Å². The molecule has 0 unspecified atom stereocenters. The van der Waals surface area contributed by atoms with Crippen LogP contribution in [0, 0.1) is 5.82 Å². The maximum absolute atomic E-state index is 13.4.